The normalized spacial score (nSPS) is 28.7. The van der Waals surface area contributed by atoms with E-state index in [4.69, 9.17) is 11.1 Å². The van der Waals surface area contributed by atoms with Gasteiger partial charge in [0.2, 0.25) is 0 Å². The second-order valence-electron chi connectivity index (χ2n) is 3.70. The Hall–Kier alpha value is 0.507. The zero-order chi connectivity index (χ0) is 6.48. The first kappa shape index (κ1) is 6.23. The molecule has 0 saturated heterocycles. The van der Waals surface area contributed by atoms with E-state index in [1.54, 1.807) is 0 Å². The number of halogens is 1. The molecule has 2 fully saturated rings. The number of rotatable bonds is 2. The highest BCUT2D eigenvalue weighted by Gasteiger charge is 2.51. The molecule has 2 heteroatoms. The van der Waals surface area contributed by atoms with Crippen molar-refractivity contribution in [3.63, 3.8) is 0 Å². The summed E-state index contributed by atoms with van der Waals surface area (Å²) in [6.07, 6.45) is 5.79. The van der Waals surface area contributed by atoms with Gasteiger partial charge >= 0.3 is 0 Å². The lowest BCUT2D eigenvalue weighted by molar-refractivity contribution is 1.25. The molecular weight excluding hydrogens is 148 g/mol. The van der Waals surface area contributed by atoms with Gasteiger partial charge in [0.05, 0.1) is 0 Å². The molecule has 9 heavy (non-hydrogen) atoms. The van der Waals surface area contributed by atoms with Crippen molar-refractivity contribution in [2.75, 3.05) is 0 Å². The van der Waals surface area contributed by atoms with Gasteiger partial charge in [-0.05, 0) is 11.1 Å². The van der Waals surface area contributed by atoms with Gasteiger partial charge in [-0.2, -0.15) is 11.1 Å². The van der Waals surface area contributed by atoms with Gasteiger partial charge in [-0.25, -0.2) is 0 Å². The van der Waals surface area contributed by atoms with E-state index in [0.29, 0.717) is 0 Å². The Balaban J connectivity index is 2.01. The largest absolute Gasteiger partial charge is 0.167 e. The fourth-order valence-corrected chi connectivity index (χ4v) is 6.20. The van der Waals surface area contributed by atoms with Crippen molar-refractivity contribution < 1.29 is 0 Å². The Labute approximate surface area is 62.3 Å². The van der Waals surface area contributed by atoms with Crippen LogP contribution >= 0.6 is 11.1 Å². The third-order valence-electron chi connectivity index (χ3n) is 2.75. The molecule has 0 N–H and O–H groups in total. The summed E-state index contributed by atoms with van der Waals surface area (Å²) in [7, 11) is -1.16. The Bertz CT molecular complexity index is 111. The summed E-state index contributed by atoms with van der Waals surface area (Å²) in [5.74, 6) is 0. The first-order chi connectivity index (χ1) is 4.21. The topological polar surface area (TPSA) is 0 Å². The van der Waals surface area contributed by atoms with Crippen LogP contribution in [-0.2, 0) is 0 Å². The van der Waals surface area contributed by atoms with E-state index in [1.807, 2.05) is 0 Å². The molecule has 0 radical (unpaired) electrons. The standard InChI is InChI=1S/C7H13ClSi/c1-9(8,6-2-3-6)7-4-5-7/h6-7H,2-5H2,1H3. The van der Waals surface area contributed by atoms with Gasteiger partial charge in [0.1, 0.15) is 0 Å². The predicted molar refractivity (Wildman–Crippen MR) is 43.4 cm³/mol. The maximum absolute atomic E-state index is 6.47. The van der Waals surface area contributed by atoms with E-state index < -0.39 is 7.38 Å². The van der Waals surface area contributed by atoms with Crippen LogP contribution in [0.5, 0.6) is 0 Å². The molecule has 0 amide bonds. The molecule has 0 unspecified atom stereocenters. The number of hydrogen-bond acceptors (Lipinski definition) is 0. The van der Waals surface area contributed by atoms with Gasteiger partial charge in [-0.3, -0.25) is 0 Å². The molecule has 2 rings (SSSR count). The third kappa shape index (κ3) is 1.05. The van der Waals surface area contributed by atoms with E-state index in [9.17, 15) is 0 Å². The second kappa shape index (κ2) is 1.76. The molecular formula is C7H13ClSi. The highest BCUT2D eigenvalue weighted by Crippen LogP contribution is 2.59. The lowest BCUT2D eigenvalue weighted by Crippen LogP contribution is -2.22. The molecule has 52 valence electrons. The van der Waals surface area contributed by atoms with Crippen molar-refractivity contribution in [3.05, 3.63) is 0 Å². The minimum absolute atomic E-state index is 1.01. The summed E-state index contributed by atoms with van der Waals surface area (Å²) in [4.78, 5) is 0. The van der Waals surface area contributed by atoms with Crippen molar-refractivity contribution in [3.8, 4) is 0 Å². The van der Waals surface area contributed by atoms with Crippen molar-refractivity contribution in [2.45, 2.75) is 43.3 Å². The van der Waals surface area contributed by atoms with Gasteiger partial charge in [0, 0.05) is 0 Å². The van der Waals surface area contributed by atoms with Crippen molar-refractivity contribution >= 4 is 18.5 Å². The average Bonchev–Trinajstić information content (AvgIpc) is 2.62. The monoisotopic (exact) mass is 160 g/mol. The van der Waals surface area contributed by atoms with Crippen LogP contribution in [0.15, 0.2) is 0 Å². The molecule has 2 aliphatic carbocycles. The maximum atomic E-state index is 6.47. The smallest absolute Gasteiger partial charge is 0.159 e. The lowest BCUT2D eigenvalue weighted by atomic mass is 10.9. The molecule has 2 aliphatic rings. The van der Waals surface area contributed by atoms with Crippen molar-refractivity contribution in [2.24, 2.45) is 0 Å². The predicted octanol–water partition coefficient (Wildman–Crippen LogP) is 3.13. The van der Waals surface area contributed by atoms with Gasteiger partial charge in [0.25, 0.3) is 0 Å². The van der Waals surface area contributed by atoms with Crippen LogP contribution in [0.2, 0.25) is 17.6 Å². The van der Waals surface area contributed by atoms with Crippen LogP contribution in [-0.4, -0.2) is 7.38 Å². The first-order valence-corrected chi connectivity index (χ1v) is 7.57. The zero-order valence-electron chi connectivity index (χ0n) is 5.86. The molecule has 0 atom stereocenters. The van der Waals surface area contributed by atoms with Gasteiger partial charge in [-0.1, -0.05) is 32.2 Å². The summed E-state index contributed by atoms with van der Waals surface area (Å²) >= 11 is 6.47. The Kier molecular flexibility index (Phi) is 1.22. The highest BCUT2D eigenvalue weighted by atomic mass is 35.6. The molecule has 0 bridgehead atoms. The molecule has 0 aliphatic heterocycles. The Morgan fingerprint density at radius 1 is 1.11 bits per heavy atom. The SMILES string of the molecule is C[Si](Cl)(C1CC1)C1CC1. The fourth-order valence-electron chi connectivity index (χ4n) is 1.63. The van der Waals surface area contributed by atoms with Crippen LogP contribution in [0.25, 0.3) is 0 Å². The number of hydrogen-bond donors (Lipinski definition) is 0. The summed E-state index contributed by atoms with van der Waals surface area (Å²) in [6, 6.07) is 0. The van der Waals surface area contributed by atoms with Crippen molar-refractivity contribution in [1.29, 1.82) is 0 Å². The molecule has 2 saturated carbocycles. The zero-order valence-corrected chi connectivity index (χ0v) is 7.62. The molecule has 0 aromatic heterocycles. The van der Waals surface area contributed by atoms with Crippen LogP contribution in [0.4, 0.5) is 0 Å². The van der Waals surface area contributed by atoms with E-state index in [0.717, 1.165) is 11.1 Å². The van der Waals surface area contributed by atoms with E-state index in [1.165, 1.54) is 25.7 Å². The Morgan fingerprint density at radius 3 is 1.67 bits per heavy atom. The molecule has 0 heterocycles. The molecule has 0 spiro atoms. The average molecular weight is 161 g/mol. The Morgan fingerprint density at radius 2 is 1.44 bits per heavy atom. The first-order valence-electron chi connectivity index (χ1n) is 3.90. The van der Waals surface area contributed by atoms with Crippen LogP contribution < -0.4 is 0 Å². The highest BCUT2D eigenvalue weighted by molar-refractivity contribution is 7.21. The summed E-state index contributed by atoms with van der Waals surface area (Å²) in [6.45, 7) is 2.36. The summed E-state index contributed by atoms with van der Waals surface area (Å²) in [5.41, 5.74) is 2.01. The molecule has 0 aromatic carbocycles. The second-order valence-corrected chi connectivity index (χ2v) is 10.1. The molecule has 0 nitrogen and oxygen atoms in total. The van der Waals surface area contributed by atoms with Gasteiger partial charge < -0.3 is 0 Å². The van der Waals surface area contributed by atoms with E-state index >= 15 is 0 Å². The van der Waals surface area contributed by atoms with Gasteiger partial charge in [0.15, 0.2) is 7.38 Å². The maximum Gasteiger partial charge on any atom is 0.159 e. The van der Waals surface area contributed by atoms with Crippen LogP contribution in [0.1, 0.15) is 25.7 Å². The van der Waals surface area contributed by atoms with Crippen LogP contribution in [0.3, 0.4) is 0 Å². The third-order valence-corrected chi connectivity index (χ3v) is 8.95. The minimum Gasteiger partial charge on any atom is -0.167 e. The van der Waals surface area contributed by atoms with Crippen molar-refractivity contribution in [1.82, 2.24) is 0 Å². The quantitative estimate of drug-likeness (QED) is 0.430. The summed E-state index contributed by atoms with van der Waals surface area (Å²) in [5, 5.41) is 0. The van der Waals surface area contributed by atoms with Gasteiger partial charge in [-0.15, -0.1) is 0 Å². The van der Waals surface area contributed by atoms with E-state index in [-0.39, 0.29) is 0 Å². The fraction of sp³-hybridized carbons (Fsp3) is 1.00. The summed E-state index contributed by atoms with van der Waals surface area (Å²) < 4.78 is 0. The minimum atomic E-state index is -1.16. The van der Waals surface area contributed by atoms with E-state index in [2.05, 4.69) is 6.55 Å². The van der Waals surface area contributed by atoms with Crippen LogP contribution in [0, 0.1) is 0 Å². The lowest BCUT2D eigenvalue weighted by Gasteiger charge is -2.16. The molecule has 0 aromatic rings.